The summed E-state index contributed by atoms with van der Waals surface area (Å²) in [6.45, 7) is 4.37. The Morgan fingerprint density at radius 1 is 0.390 bits per heavy atom. The lowest BCUT2D eigenvalue weighted by molar-refractivity contribution is 1.27. The van der Waals surface area contributed by atoms with Crippen LogP contribution in [-0.2, 0) is 0 Å². The monoisotopic (exact) mass is 529 g/mol. The lowest BCUT2D eigenvalue weighted by Gasteiger charge is -2.26. The predicted molar refractivity (Wildman–Crippen MR) is 175 cm³/mol. The van der Waals surface area contributed by atoms with Crippen LogP contribution in [0.25, 0.3) is 21.8 Å². The van der Waals surface area contributed by atoms with Gasteiger partial charge in [0.25, 0.3) is 0 Å². The summed E-state index contributed by atoms with van der Waals surface area (Å²) in [5.74, 6) is 0. The van der Waals surface area contributed by atoms with Crippen molar-refractivity contribution in [3.8, 4) is 0 Å². The molecule has 7 aromatic rings. The van der Waals surface area contributed by atoms with E-state index in [0.717, 1.165) is 45.2 Å². The summed E-state index contributed by atoms with van der Waals surface area (Å²) in [6.07, 6.45) is 0. The maximum atomic E-state index is 3.93. The fraction of sp³-hybridized carbons (Fsp3) is 0.0526. The minimum absolute atomic E-state index is 1.12. The second kappa shape index (κ2) is 10.4. The molecule has 0 saturated heterocycles. The highest BCUT2D eigenvalue weighted by atomic mass is 15.2. The first-order chi connectivity index (χ1) is 20.2. The van der Waals surface area contributed by atoms with Crippen LogP contribution >= 0.6 is 0 Å². The third-order valence-electron chi connectivity index (χ3n) is 7.60. The summed E-state index contributed by atoms with van der Waals surface area (Å²) >= 11 is 0. The average Bonchev–Trinajstić information content (AvgIpc) is 3.38. The van der Waals surface area contributed by atoms with E-state index in [9.17, 15) is 0 Å². The number of hydrogen-bond acceptors (Lipinski definition) is 2. The van der Waals surface area contributed by atoms with Crippen LogP contribution in [-0.4, -0.2) is 4.98 Å². The molecular weight excluding hydrogens is 498 g/mol. The normalized spacial score (nSPS) is 11.2. The van der Waals surface area contributed by atoms with Crippen LogP contribution in [0, 0.1) is 13.8 Å². The van der Waals surface area contributed by atoms with Crippen LogP contribution in [0.15, 0.2) is 146 Å². The molecule has 41 heavy (non-hydrogen) atoms. The molecule has 0 radical (unpaired) electrons. The highest BCUT2D eigenvalue weighted by Crippen LogP contribution is 2.45. The van der Waals surface area contributed by atoms with Gasteiger partial charge < -0.3 is 14.8 Å². The van der Waals surface area contributed by atoms with E-state index in [4.69, 9.17) is 0 Å². The molecule has 1 N–H and O–H groups in total. The number of nitrogens with one attached hydrogen (secondary N) is 1. The number of H-pyrrole nitrogens is 1. The lowest BCUT2D eigenvalue weighted by Crippen LogP contribution is -2.11. The highest BCUT2D eigenvalue weighted by molar-refractivity contribution is 6.16. The predicted octanol–water partition coefficient (Wildman–Crippen LogP) is 10.9. The van der Waals surface area contributed by atoms with E-state index in [-0.39, 0.29) is 0 Å². The molecule has 0 fully saturated rings. The second-order valence-electron chi connectivity index (χ2n) is 10.6. The molecule has 198 valence electrons. The van der Waals surface area contributed by atoms with Crippen molar-refractivity contribution in [2.75, 3.05) is 9.80 Å². The molecule has 0 aliphatic heterocycles. The number of rotatable bonds is 6. The van der Waals surface area contributed by atoms with Crippen LogP contribution in [0.2, 0.25) is 0 Å². The molecule has 0 amide bonds. The van der Waals surface area contributed by atoms with Gasteiger partial charge in [-0.05, 0) is 97.8 Å². The van der Waals surface area contributed by atoms with Gasteiger partial charge in [0.2, 0.25) is 0 Å². The van der Waals surface area contributed by atoms with E-state index in [2.05, 4.69) is 174 Å². The zero-order valence-electron chi connectivity index (χ0n) is 23.3. The van der Waals surface area contributed by atoms with Gasteiger partial charge in [0, 0.05) is 33.5 Å². The highest BCUT2D eigenvalue weighted by Gasteiger charge is 2.22. The Bertz CT molecular complexity index is 1720. The fourth-order valence-electron chi connectivity index (χ4n) is 5.86. The van der Waals surface area contributed by atoms with Crippen molar-refractivity contribution in [1.82, 2.24) is 4.98 Å². The Hall–Kier alpha value is -5.28. The zero-order chi connectivity index (χ0) is 27.8. The number of nitrogens with zero attached hydrogens (tertiary/aromatic N) is 2. The molecule has 7 rings (SSSR count). The van der Waals surface area contributed by atoms with Crippen LogP contribution in [0.1, 0.15) is 11.1 Å². The van der Waals surface area contributed by atoms with Crippen molar-refractivity contribution in [3.63, 3.8) is 0 Å². The topological polar surface area (TPSA) is 22.3 Å². The Labute approximate surface area is 240 Å². The Morgan fingerprint density at radius 3 is 0.976 bits per heavy atom. The minimum atomic E-state index is 1.12. The number of aromatic nitrogens is 1. The first-order valence-corrected chi connectivity index (χ1v) is 14.0. The van der Waals surface area contributed by atoms with Crippen LogP contribution in [0.4, 0.5) is 34.1 Å². The third-order valence-corrected chi connectivity index (χ3v) is 7.60. The van der Waals surface area contributed by atoms with Gasteiger partial charge in [0.05, 0.1) is 22.4 Å². The largest absolute Gasteiger partial charge is 0.351 e. The number of benzene rings is 6. The second-order valence-corrected chi connectivity index (χ2v) is 10.6. The first kappa shape index (κ1) is 24.7. The van der Waals surface area contributed by atoms with Crippen LogP contribution < -0.4 is 9.80 Å². The molecule has 6 aromatic carbocycles. The van der Waals surface area contributed by atoms with Gasteiger partial charge in [-0.1, -0.05) is 72.8 Å². The molecule has 0 aliphatic rings. The van der Waals surface area contributed by atoms with Crippen molar-refractivity contribution in [3.05, 3.63) is 157 Å². The van der Waals surface area contributed by atoms with E-state index in [1.807, 2.05) is 0 Å². The van der Waals surface area contributed by atoms with Crippen molar-refractivity contribution >= 4 is 55.9 Å². The summed E-state index contributed by atoms with van der Waals surface area (Å²) in [6, 6.07) is 51.6. The molecule has 0 unspecified atom stereocenters. The molecule has 0 saturated carbocycles. The van der Waals surface area contributed by atoms with Gasteiger partial charge in [0.15, 0.2) is 0 Å². The van der Waals surface area contributed by atoms with Crippen molar-refractivity contribution in [2.45, 2.75) is 13.8 Å². The summed E-state index contributed by atoms with van der Waals surface area (Å²) < 4.78 is 0. The maximum absolute atomic E-state index is 3.93. The van der Waals surface area contributed by atoms with Gasteiger partial charge in [0.1, 0.15) is 0 Å². The van der Waals surface area contributed by atoms with Gasteiger partial charge in [-0.3, -0.25) is 0 Å². The van der Waals surface area contributed by atoms with Gasteiger partial charge >= 0.3 is 0 Å². The number of anilines is 6. The van der Waals surface area contributed by atoms with E-state index in [1.165, 1.54) is 21.9 Å². The van der Waals surface area contributed by atoms with Crippen LogP contribution in [0.3, 0.4) is 0 Å². The van der Waals surface area contributed by atoms with Crippen molar-refractivity contribution < 1.29 is 0 Å². The fourth-order valence-corrected chi connectivity index (χ4v) is 5.86. The molecule has 0 atom stereocenters. The molecule has 3 heteroatoms. The van der Waals surface area contributed by atoms with E-state index >= 15 is 0 Å². The van der Waals surface area contributed by atoms with Gasteiger partial charge in [-0.15, -0.1) is 0 Å². The molecule has 1 heterocycles. The van der Waals surface area contributed by atoms with Crippen molar-refractivity contribution in [1.29, 1.82) is 0 Å². The zero-order valence-corrected chi connectivity index (χ0v) is 23.3. The Morgan fingerprint density at radius 2 is 0.683 bits per heavy atom. The minimum Gasteiger partial charge on any atom is -0.351 e. The first-order valence-electron chi connectivity index (χ1n) is 14.0. The van der Waals surface area contributed by atoms with E-state index < -0.39 is 0 Å². The van der Waals surface area contributed by atoms with Crippen LogP contribution in [0.5, 0.6) is 0 Å². The summed E-state index contributed by atoms with van der Waals surface area (Å²) in [5, 5.41) is 2.44. The lowest BCUT2D eigenvalue weighted by atomic mass is 10.0. The molecule has 0 bridgehead atoms. The summed E-state index contributed by atoms with van der Waals surface area (Å²) in [4.78, 5) is 8.63. The number of fused-ring (bicyclic) bond motifs is 3. The van der Waals surface area contributed by atoms with Crippen molar-refractivity contribution in [2.24, 2.45) is 0 Å². The number of para-hydroxylation sites is 4. The Kier molecular flexibility index (Phi) is 6.25. The number of aromatic amines is 1. The summed E-state index contributed by atoms with van der Waals surface area (Å²) in [5.41, 5.74) is 11.4. The Balaban J connectivity index is 1.54. The number of aryl methyl sites for hydroxylation is 2. The van der Waals surface area contributed by atoms with Gasteiger partial charge in [-0.25, -0.2) is 0 Å². The average molecular weight is 530 g/mol. The summed E-state index contributed by atoms with van der Waals surface area (Å²) in [7, 11) is 0. The SMILES string of the molecule is Cc1cc(N(c2ccccc2)c2ccccc2)c2[nH]c3c(N(c4ccccc4)c4ccccc4)cc(C)cc3c2c1. The van der Waals surface area contributed by atoms with Gasteiger partial charge in [-0.2, -0.15) is 0 Å². The third kappa shape index (κ3) is 4.52. The van der Waals surface area contributed by atoms with E-state index in [1.54, 1.807) is 0 Å². The molecule has 0 spiro atoms. The molecule has 0 aliphatic carbocycles. The molecule has 1 aromatic heterocycles. The standard InChI is InChI=1S/C38H31N3/c1-27-23-33-34-24-28(2)26-36(41(31-19-11-5-12-20-31)32-21-13-6-14-22-32)38(34)39-37(33)35(25-27)40(29-15-7-3-8-16-29)30-17-9-4-10-18-30/h3-26,39H,1-2H3. The molecular formula is C38H31N3. The maximum Gasteiger partial charge on any atom is 0.0710 e. The molecule has 3 nitrogen and oxygen atoms in total. The number of hydrogen-bond donors (Lipinski definition) is 1. The quantitative estimate of drug-likeness (QED) is 0.231. The van der Waals surface area contributed by atoms with E-state index in [0.29, 0.717) is 0 Å². The smallest absolute Gasteiger partial charge is 0.0710 e.